The lowest BCUT2D eigenvalue weighted by molar-refractivity contribution is 0.0730. The van der Waals surface area contributed by atoms with Crippen molar-refractivity contribution in [2.45, 2.75) is 4.90 Å². The standard InChI is InChI=1S/C21H21N3O5S2/c1-28-17-6-2-16(3-7-17)20(25)23-21-22-19(14-30-21)15-4-8-18(9-5-15)31(26,27)24-10-12-29-13-11-24/h2-9,14H,10-13H2,1H3,(H,22,23,25). The van der Waals surface area contributed by atoms with E-state index in [9.17, 15) is 13.2 Å². The average molecular weight is 460 g/mol. The van der Waals surface area contributed by atoms with Crippen molar-refractivity contribution in [2.24, 2.45) is 0 Å². The zero-order valence-corrected chi connectivity index (χ0v) is 18.4. The summed E-state index contributed by atoms with van der Waals surface area (Å²) in [6, 6.07) is 13.4. The van der Waals surface area contributed by atoms with Crippen LogP contribution in [0.15, 0.2) is 58.8 Å². The van der Waals surface area contributed by atoms with E-state index in [2.05, 4.69) is 10.3 Å². The molecule has 1 amide bonds. The number of benzene rings is 2. The topological polar surface area (TPSA) is 97.8 Å². The maximum Gasteiger partial charge on any atom is 0.257 e. The third kappa shape index (κ3) is 4.77. The van der Waals surface area contributed by atoms with E-state index >= 15 is 0 Å². The molecule has 10 heteroatoms. The number of nitrogens with zero attached hydrogens (tertiary/aromatic N) is 2. The number of ether oxygens (including phenoxy) is 2. The molecule has 0 saturated carbocycles. The summed E-state index contributed by atoms with van der Waals surface area (Å²) < 4.78 is 37.2. The molecule has 2 heterocycles. The highest BCUT2D eigenvalue weighted by Gasteiger charge is 2.26. The van der Waals surface area contributed by atoms with Gasteiger partial charge < -0.3 is 9.47 Å². The second kappa shape index (κ2) is 9.15. The van der Waals surface area contributed by atoms with Crippen LogP contribution in [-0.4, -0.2) is 57.0 Å². The molecule has 31 heavy (non-hydrogen) atoms. The quantitative estimate of drug-likeness (QED) is 0.608. The first kappa shape index (κ1) is 21.4. The van der Waals surface area contributed by atoms with E-state index in [1.54, 1.807) is 55.6 Å². The normalized spacial score (nSPS) is 14.9. The number of sulfonamides is 1. The van der Waals surface area contributed by atoms with Crippen molar-refractivity contribution < 1.29 is 22.7 Å². The van der Waals surface area contributed by atoms with Gasteiger partial charge in [-0.25, -0.2) is 13.4 Å². The average Bonchev–Trinajstić information content (AvgIpc) is 3.28. The number of nitrogens with one attached hydrogen (secondary N) is 1. The van der Waals surface area contributed by atoms with Crippen molar-refractivity contribution in [3.8, 4) is 17.0 Å². The van der Waals surface area contributed by atoms with E-state index < -0.39 is 10.0 Å². The van der Waals surface area contributed by atoms with Crippen molar-refractivity contribution in [1.82, 2.24) is 9.29 Å². The van der Waals surface area contributed by atoms with Gasteiger partial charge >= 0.3 is 0 Å². The van der Waals surface area contributed by atoms with Crippen LogP contribution in [0.2, 0.25) is 0 Å². The molecular formula is C21H21N3O5S2. The number of methoxy groups -OCH3 is 1. The van der Waals surface area contributed by atoms with Gasteiger partial charge in [-0.1, -0.05) is 12.1 Å². The summed E-state index contributed by atoms with van der Waals surface area (Å²) in [5.74, 6) is 0.405. The van der Waals surface area contributed by atoms with Crippen molar-refractivity contribution in [3.63, 3.8) is 0 Å². The minimum Gasteiger partial charge on any atom is -0.497 e. The van der Waals surface area contributed by atoms with Crippen molar-refractivity contribution >= 4 is 32.4 Å². The molecule has 0 atom stereocenters. The highest BCUT2D eigenvalue weighted by molar-refractivity contribution is 7.89. The molecule has 0 radical (unpaired) electrons. The maximum absolute atomic E-state index is 12.7. The first-order chi connectivity index (χ1) is 15.0. The summed E-state index contributed by atoms with van der Waals surface area (Å²) in [7, 11) is -1.97. The lowest BCUT2D eigenvalue weighted by atomic mass is 10.2. The monoisotopic (exact) mass is 459 g/mol. The predicted octanol–water partition coefficient (Wildman–Crippen LogP) is 3.09. The van der Waals surface area contributed by atoms with Crippen LogP contribution in [0.3, 0.4) is 0 Å². The van der Waals surface area contributed by atoms with Gasteiger partial charge in [0.1, 0.15) is 5.75 Å². The first-order valence-electron chi connectivity index (χ1n) is 9.56. The van der Waals surface area contributed by atoms with Crippen LogP contribution in [0.1, 0.15) is 10.4 Å². The molecular weight excluding hydrogens is 438 g/mol. The van der Waals surface area contributed by atoms with Gasteiger partial charge in [-0.15, -0.1) is 11.3 Å². The highest BCUT2D eigenvalue weighted by Crippen LogP contribution is 2.27. The zero-order valence-electron chi connectivity index (χ0n) is 16.8. The van der Waals surface area contributed by atoms with E-state index in [-0.39, 0.29) is 10.8 Å². The fourth-order valence-corrected chi connectivity index (χ4v) is 5.23. The molecule has 1 aliphatic rings. The first-order valence-corrected chi connectivity index (χ1v) is 11.9. The van der Waals surface area contributed by atoms with Crippen molar-refractivity contribution in [3.05, 3.63) is 59.5 Å². The van der Waals surface area contributed by atoms with E-state index in [1.165, 1.54) is 15.6 Å². The van der Waals surface area contributed by atoms with Crippen LogP contribution in [0.25, 0.3) is 11.3 Å². The summed E-state index contributed by atoms with van der Waals surface area (Å²) in [4.78, 5) is 17.1. The summed E-state index contributed by atoms with van der Waals surface area (Å²) in [5, 5.41) is 5.05. The molecule has 0 spiro atoms. The molecule has 1 fully saturated rings. The Labute approximate surface area is 184 Å². The summed E-state index contributed by atoms with van der Waals surface area (Å²) >= 11 is 1.30. The molecule has 1 aromatic heterocycles. The largest absolute Gasteiger partial charge is 0.497 e. The maximum atomic E-state index is 12.7. The third-order valence-corrected chi connectivity index (χ3v) is 7.51. The SMILES string of the molecule is COc1ccc(C(=O)Nc2nc(-c3ccc(S(=O)(=O)N4CCOCC4)cc3)cs2)cc1. The number of rotatable bonds is 6. The van der Waals surface area contributed by atoms with Crippen LogP contribution in [0.4, 0.5) is 5.13 Å². The number of hydrogen-bond donors (Lipinski definition) is 1. The van der Waals surface area contributed by atoms with Gasteiger partial charge in [0.25, 0.3) is 5.91 Å². The Bertz CT molecular complexity index is 1150. The van der Waals surface area contributed by atoms with Crippen molar-refractivity contribution in [1.29, 1.82) is 0 Å². The van der Waals surface area contributed by atoms with Gasteiger partial charge in [0.05, 0.1) is 30.9 Å². The molecule has 1 N–H and O–H groups in total. The smallest absolute Gasteiger partial charge is 0.257 e. The number of aromatic nitrogens is 1. The number of hydrogen-bond acceptors (Lipinski definition) is 7. The number of carbonyl (C=O) groups excluding carboxylic acids is 1. The fraction of sp³-hybridized carbons (Fsp3) is 0.238. The van der Waals surface area contributed by atoms with Gasteiger partial charge in [0.15, 0.2) is 5.13 Å². The number of carbonyl (C=O) groups is 1. The Hall–Kier alpha value is -2.79. The van der Waals surface area contributed by atoms with Gasteiger partial charge in [-0.2, -0.15) is 4.31 Å². The predicted molar refractivity (Wildman–Crippen MR) is 118 cm³/mol. The molecule has 0 bridgehead atoms. The van der Waals surface area contributed by atoms with Crippen LogP contribution < -0.4 is 10.1 Å². The second-order valence-corrected chi connectivity index (χ2v) is 9.56. The molecule has 1 aliphatic heterocycles. The summed E-state index contributed by atoms with van der Waals surface area (Å²) in [5.41, 5.74) is 1.92. The lowest BCUT2D eigenvalue weighted by Crippen LogP contribution is -2.40. The number of morpholine rings is 1. The summed E-state index contributed by atoms with van der Waals surface area (Å²) in [6.45, 7) is 1.52. The summed E-state index contributed by atoms with van der Waals surface area (Å²) in [6.07, 6.45) is 0. The van der Waals surface area contributed by atoms with Gasteiger partial charge in [0.2, 0.25) is 10.0 Å². The van der Waals surface area contributed by atoms with Gasteiger partial charge in [-0.05, 0) is 36.4 Å². The Balaban J connectivity index is 1.45. The fourth-order valence-electron chi connectivity index (χ4n) is 3.11. The van der Waals surface area contributed by atoms with Crippen molar-refractivity contribution in [2.75, 3.05) is 38.7 Å². The van der Waals surface area contributed by atoms with E-state index in [0.29, 0.717) is 48.4 Å². The second-order valence-electron chi connectivity index (χ2n) is 6.76. The zero-order chi connectivity index (χ0) is 21.8. The lowest BCUT2D eigenvalue weighted by Gasteiger charge is -2.26. The van der Waals surface area contributed by atoms with E-state index in [4.69, 9.17) is 9.47 Å². The third-order valence-electron chi connectivity index (χ3n) is 4.83. The number of amides is 1. The van der Waals surface area contributed by atoms with Crippen LogP contribution in [0.5, 0.6) is 5.75 Å². The van der Waals surface area contributed by atoms with Gasteiger partial charge in [0, 0.05) is 29.6 Å². The number of anilines is 1. The molecule has 4 rings (SSSR count). The van der Waals surface area contributed by atoms with E-state index in [0.717, 1.165) is 5.56 Å². The molecule has 8 nitrogen and oxygen atoms in total. The molecule has 162 valence electrons. The highest BCUT2D eigenvalue weighted by atomic mass is 32.2. The van der Waals surface area contributed by atoms with Gasteiger partial charge in [-0.3, -0.25) is 10.1 Å². The van der Waals surface area contributed by atoms with Crippen LogP contribution in [0, 0.1) is 0 Å². The molecule has 0 aliphatic carbocycles. The van der Waals surface area contributed by atoms with E-state index in [1.807, 2.05) is 5.38 Å². The Kier molecular flexibility index (Phi) is 6.33. The van der Waals surface area contributed by atoms with Crippen LogP contribution >= 0.6 is 11.3 Å². The minimum atomic E-state index is -3.54. The molecule has 0 unspecified atom stereocenters. The Morgan fingerprint density at radius 3 is 2.42 bits per heavy atom. The number of thiazole rings is 1. The molecule has 1 saturated heterocycles. The molecule has 2 aromatic carbocycles. The Morgan fingerprint density at radius 2 is 1.77 bits per heavy atom. The Morgan fingerprint density at radius 1 is 1.10 bits per heavy atom. The minimum absolute atomic E-state index is 0.237. The van der Waals surface area contributed by atoms with Crippen LogP contribution in [-0.2, 0) is 14.8 Å². The molecule has 3 aromatic rings.